The third-order valence-electron chi connectivity index (χ3n) is 5.11. The van der Waals surface area contributed by atoms with Gasteiger partial charge in [-0.3, -0.25) is 9.59 Å². The van der Waals surface area contributed by atoms with E-state index in [9.17, 15) is 9.59 Å². The normalized spacial score (nSPS) is 19.8. The standard InChI is InChI=1S/C20H28N2O3/c23-19(15-25-17-10-5-2-6-11-17)21-18(16-8-3-1-4-9-16)14-22-13-7-12-20(22)24/h1,3-4,8-9,17-18H,2,5-7,10-15H2,(H,21,23)/t18-/m1/s1. The van der Waals surface area contributed by atoms with E-state index in [0.717, 1.165) is 31.4 Å². The van der Waals surface area contributed by atoms with Crippen LogP contribution in [0.25, 0.3) is 0 Å². The van der Waals surface area contributed by atoms with Gasteiger partial charge in [-0.15, -0.1) is 0 Å². The van der Waals surface area contributed by atoms with E-state index in [1.165, 1.54) is 19.3 Å². The average Bonchev–Trinajstić information content (AvgIpc) is 3.06. The summed E-state index contributed by atoms with van der Waals surface area (Å²) in [5.74, 6) is 0.0692. The Bertz CT molecular complexity index is 570. The zero-order valence-corrected chi connectivity index (χ0v) is 14.8. The molecule has 1 aromatic rings. The molecule has 1 N–H and O–H groups in total. The van der Waals surface area contributed by atoms with Crippen LogP contribution in [0.1, 0.15) is 56.6 Å². The first-order chi connectivity index (χ1) is 12.2. The molecule has 1 heterocycles. The molecule has 1 aliphatic carbocycles. The van der Waals surface area contributed by atoms with Gasteiger partial charge < -0.3 is 15.0 Å². The van der Waals surface area contributed by atoms with Gasteiger partial charge in [0, 0.05) is 19.5 Å². The molecule has 2 amide bonds. The number of ether oxygens (including phenoxy) is 1. The lowest BCUT2D eigenvalue weighted by molar-refractivity contribution is -0.131. The van der Waals surface area contributed by atoms with E-state index in [0.29, 0.717) is 13.0 Å². The first-order valence-corrected chi connectivity index (χ1v) is 9.46. The van der Waals surface area contributed by atoms with Crippen LogP contribution in [0.5, 0.6) is 0 Å². The van der Waals surface area contributed by atoms with Gasteiger partial charge in [-0.2, -0.15) is 0 Å². The molecular weight excluding hydrogens is 316 g/mol. The minimum Gasteiger partial charge on any atom is -0.368 e. The van der Waals surface area contributed by atoms with Gasteiger partial charge in [0.1, 0.15) is 6.61 Å². The highest BCUT2D eigenvalue weighted by molar-refractivity contribution is 5.79. The minimum absolute atomic E-state index is 0.0992. The fourth-order valence-electron chi connectivity index (χ4n) is 3.70. The molecule has 1 aliphatic heterocycles. The Balaban J connectivity index is 1.56. The van der Waals surface area contributed by atoms with Gasteiger partial charge in [-0.25, -0.2) is 0 Å². The summed E-state index contributed by atoms with van der Waals surface area (Å²) in [6, 6.07) is 9.67. The molecule has 1 atom stereocenters. The monoisotopic (exact) mass is 344 g/mol. The zero-order chi connectivity index (χ0) is 17.5. The van der Waals surface area contributed by atoms with E-state index in [-0.39, 0.29) is 30.6 Å². The van der Waals surface area contributed by atoms with E-state index in [4.69, 9.17) is 4.74 Å². The summed E-state index contributed by atoms with van der Waals surface area (Å²) >= 11 is 0. The summed E-state index contributed by atoms with van der Waals surface area (Å²) in [5.41, 5.74) is 1.02. The highest BCUT2D eigenvalue weighted by atomic mass is 16.5. The van der Waals surface area contributed by atoms with E-state index in [1.54, 1.807) is 0 Å². The zero-order valence-electron chi connectivity index (χ0n) is 14.8. The lowest BCUT2D eigenvalue weighted by atomic mass is 9.98. The Kier molecular flexibility index (Phi) is 6.45. The van der Waals surface area contributed by atoms with Gasteiger partial charge in [-0.05, 0) is 24.8 Å². The van der Waals surface area contributed by atoms with Crippen molar-refractivity contribution < 1.29 is 14.3 Å². The van der Waals surface area contributed by atoms with Crippen LogP contribution in [-0.4, -0.2) is 42.5 Å². The van der Waals surface area contributed by atoms with E-state index < -0.39 is 0 Å². The summed E-state index contributed by atoms with van der Waals surface area (Å²) in [6.07, 6.45) is 7.49. The number of rotatable bonds is 7. The Hall–Kier alpha value is -1.88. The number of nitrogens with one attached hydrogen (secondary N) is 1. The van der Waals surface area contributed by atoms with Gasteiger partial charge in [0.05, 0.1) is 12.1 Å². The predicted octanol–water partition coefficient (Wildman–Crippen LogP) is 2.82. The fraction of sp³-hybridized carbons (Fsp3) is 0.600. The minimum atomic E-state index is -0.189. The fourth-order valence-corrected chi connectivity index (χ4v) is 3.70. The second kappa shape index (κ2) is 8.99. The first kappa shape index (κ1) is 17.9. The molecule has 2 aliphatic rings. The average molecular weight is 344 g/mol. The maximum atomic E-state index is 12.4. The van der Waals surface area contributed by atoms with Gasteiger partial charge in [0.25, 0.3) is 0 Å². The van der Waals surface area contributed by atoms with Gasteiger partial charge >= 0.3 is 0 Å². The van der Waals surface area contributed by atoms with Crippen LogP contribution < -0.4 is 5.32 Å². The lowest BCUT2D eigenvalue weighted by Crippen LogP contribution is -2.40. The third kappa shape index (κ3) is 5.30. The van der Waals surface area contributed by atoms with Crippen molar-refractivity contribution in [1.82, 2.24) is 10.2 Å². The van der Waals surface area contributed by atoms with Crippen LogP contribution >= 0.6 is 0 Å². The lowest BCUT2D eigenvalue weighted by Gasteiger charge is -2.26. The molecule has 3 rings (SSSR count). The molecule has 5 nitrogen and oxygen atoms in total. The number of hydrogen-bond acceptors (Lipinski definition) is 3. The van der Waals surface area contributed by atoms with Crippen molar-refractivity contribution in [2.45, 2.75) is 57.1 Å². The molecule has 1 saturated heterocycles. The van der Waals surface area contributed by atoms with Gasteiger partial charge in [-0.1, -0.05) is 49.6 Å². The molecule has 136 valence electrons. The quantitative estimate of drug-likeness (QED) is 0.827. The number of nitrogens with zero attached hydrogens (tertiary/aromatic N) is 1. The summed E-state index contributed by atoms with van der Waals surface area (Å²) in [5, 5.41) is 3.06. The van der Waals surface area contributed by atoms with Crippen LogP contribution in [-0.2, 0) is 14.3 Å². The molecule has 0 aromatic heterocycles. The number of carbonyl (C=O) groups is 2. The van der Waals surface area contributed by atoms with Crippen molar-refractivity contribution in [3.8, 4) is 0 Å². The second-order valence-corrected chi connectivity index (χ2v) is 7.05. The van der Waals surface area contributed by atoms with Crippen molar-refractivity contribution in [2.75, 3.05) is 19.7 Å². The molecule has 0 unspecified atom stereocenters. The van der Waals surface area contributed by atoms with Crippen LogP contribution in [0.15, 0.2) is 30.3 Å². The van der Waals surface area contributed by atoms with Crippen molar-refractivity contribution >= 4 is 11.8 Å². The molecule has 2 fully saturated rings. The Morgan fingerprint density at radius 2 is 1.92 bits per heavy atom. The number of amides is 2. The van der Waals surface area contributed by atoms with Crippen molar-refractivity contribution in [2.24, 2.45) is 0 Å². The maximum absolute atomic E-state index is 12.4. The van der Waals surface area contributed by atoms with Crippen LogP contribution in [0.2, 0.25) is 0 Å². The SMILES string of the molecule is O=C(COC1CCCCC1)N[C@H](CN1CCCC1=O)c1ccccc1. The van der Waals surface area contributed by atoms with Crippen LogP contribution in [0.4, 0.5) is 0 Å². The van der Waals surface area contributed by atoms with Crippen LogP contribution in [0, 0.1) is 0 Å². The van der Waals surface area contributed by atoms with Crippen molar-refractivity contribution in [1.29, 1.82) is 0 Å². The molecule has 0 spiro atoms. The van der Waals surface area contributed by atoms with E-state index >= 15 is 0 Å². The molecule has 1 saturated carbocycles. The molecule has 25 heavy (non-hydrogen) atoms. The number of hydrogen-bond donors (Lipinski definition) is 1. The van der Waals surface area contributed by atoms with E-state index in [1.807, 2.05) is 35.2 Å². The summed E-state index contributed by atoms with van der Waals surface area (Å²) < 4.78 is 5.78. The highest BCUT2D eigenvalue weighted by Gasteiger charge is 2.25. The maximum Gasteiger partial charge on any atom is 0.246 e. The summed E-state index contributed by atoms with van der Waals surface area (Å²) in [7, 11) is 0. The Morgan fingerprint density at radius 1 is 1.16 bits per heavy atom. The van der Waals surface area contributed by atoms with Crippen LogP contribution in [0.3, 0.4) is 0 Å². The topological polar surface area (TPSA) is 58.6 Å². The number of carbonyl (C=O) groups excluding carboxylic acids is 2. The first-order valence-electron chi connectivity index (χ1n) is 9.46. The molecule has 0 bridgehead atoms. The van der Waals surface area contributed by atoms with Crippen molar-refractivity contribution in [3.05, 3.63) is 35.9 Å². The van der Waals surface area contributed by atoms with Gasteiger partial charge in [0.15, 0.2) is 0 Å². The highest BCUT2D eigenvalue weighted by Crippen LogP contribution is 2.21. The molecular formula is C20H28N2O3. The second-order valence-electron chi connectivity index (χ2n) is 7.05. The summed E-state index contributed by atoms with van der Waals surface area (Å²) in [4.78, 5) is 26.2. The number of benzene rings is 1. The third-order valence-corrected chi connectivity index (χ3v) is 5.11. The smallest absolute Gasteiger partial charge is 0.246 e. The Labute approximate surface area is 149 Å². The predicted molar refractivity (Wildman–Crippen MR) is 96.0 cm³/mol. The largest absolute Gasteiger partial charge is 0.368 e. The Morgan fingerprint density at radius 3 is 2.60 bits per heavy atom. The molecule has 0 radical (unpaired) electrons. The number of likely N-dealkylation sites (tertiary alicyclic amines) is 1. The molecule has 1 aromatic carbocycles. The summed E-state index contributed by atoms with van der Waals surface area (Å²) in [6.45, 7) is 1.40. The van der Waals surface area contributed by atoms with E-state index in [2.05, 4.69) is 5.32 Å². The van der Waals surface area contributed by atoms with Crippen molar-refractivity contribution in [3.63, 3.8) is 0 Å². The van der Waals surface area contributed by atoms with Gasteiger partial charge in [0.2, 0.25) is 11.8 Å². The molecule has 5 heteroatoms.